The van der Waals surface area contributed by atoms with Crippen LogP contribution >= 0.6 is 0 Å². The highest BCUT2D eigenvalue weighted by atomic mass is 15.3. The summed E-state index contributed by atoms with van der Waals surface area (Å²) in [6, 6.07) is 3.25. The van der Waals surface area contributed by atoms with Crippen LogP contribution in [0.15, 0.2) is 12.3 Å². The molecule has 0 radical (unpaired) electrons. The average molecular weight is 261 g/mol. The first kappa shape index (κ1) is 13.2. The summed E-state index contributed by atoms with van der Waals surface area (Å²) < 4.78 is 2.20. The van der Waals surface area contributed by atoms with E-state index in [1.807, 2.05) is 0 Å². The quantitative estimate of drug-likeness (QED) is 0.882. The van der Waals surface area contributed by atoms with E-state index in [-0.39, 0.29) is 0 Å². The maximum Gasteiger partial charge on any atom is 0.0625 e. The summed E-state index contributed by atoms with van der Waals surface area (Å²) in [7, 11) is 0. The van der Waals surface area contributed by atoms with Crippen LogP contribution < -0.4 is 5.73 Å². The van der Waals surface area contributed by atoms with Crippen molar-refractivity contribution in [3.05, 3.63) is 18.0 Å². The third-order valence-electron chi connectivity index (χ3n) is 5.10. The molecule has 0 spiro atoms. The van der Waals surface area contributed by atoms with Gasteiger partial charge in [-0.1, -0.05) is 25.7 Å². The highest BCUT2D eigenvalue weighted by molar-refractivity contribution is 5.01. The molecule has 3 rings (SSSR count). The largest absolute Gasteiger partial charge is 0.327 e. The molecule has 1 atom stereocenters. The van der Waals surface area contributed by atoms with Gasteiger partial charge in [-0.05, 0) is 50.5 Å². The van der Waals surface area contributed by atoms with Gasteiger partial charge < -0.3 is 5.73 Å². The van der Waals surface area contributed by atoms with Gasteiger partial charge in [0.1, 0.15) is 0 Å². The van der Waals surface area contributed by atoms with Crippen molar-refractivity contribution in [2.45, 2.75) is 76.3 Å². The Kier molecular flexibility index (Phi) is 4.21. The predicted molar refractivity (Wildman–Crippen MR) is 78.0 cm³/mol. The number of hydrogen-bond acceptors (Lipinski definition) is 2. The summed E-state index contributed by atoms with van der Waals surface area (Å²) >= 11 is 0. The number of aryl methyl sites for hydroxylation is 1. The molecular formula is C16H27N3. The summed E-state index contributed by atoms with van der Waals surface area (Å²) in [5.41, 5.74) is 7.56. The van der Waals surface area contributed by atoms with Crippen LogP contribution in [0, 0.1) is 5.92 Å². The average Bonchev–Trinajstić information content (AvgIpc) is 3.14. The zero-order valence-corrected chi connectivity index (χ0v) is 11.9. The van der Waals surface area contributed by atoms with Crippen LogP contribution in [-0.2, 0) is 6.42 Å². The van der Waals surface area contributed by atoms with Gasteiger partial charge in [-0.25, -0.2) is 0 Å². The topological polar surface area (TPSA) is 43.8 Å². The molecule has 1 aromatic heterocycles. The molecule has 0 amide bonds. The Morgan fingerprint density at radius 3 is 2.58 bits per heavy atom. The summed E-state index contributed by atoms with van der Waals surface area (Å²) in [6.45, 7) is 0. The van der Waals surface area contributed by atoms with Crippen LogP contribution in [0.25, 0.3) is 0 Å². The Hall–Kier alpha value is -0.830. The van der Waals surface area contributed by atoms with Crippen molar-refractivity contribution in [3.63, 3.8) is 0 Å². The van der Waals surface area contributed by atoms with Crippen molar-refractivity contribution >= 4 is 0 Å². The number of rotatable bonds is 5. The SMILES string of the molecule is NC(CCc1ccn(C2CCCC2)n1)C1CCCC1. The Bertz CT molecular complexity index is 386. The summed E-state index contributed by atoms with van der Waals surface area (Å²) in [5, 5.41) is 4.75. The highest BCUT2D eigenvalue weighted by Gasteiger charge is 2.22. The third-order valence-corrected chi connectivity index (χ3v) is 5.10. The molecule has 0 aromatic carbocycles. The summed E-state index contributed by atoms with van der Waals surface area (Å²) in [5.74, 6) is 0.775. The van der Waals surface area contributed by atoms with Crippen LogP contribution in [-0.4, -0.2) is 15.8 Å². The highest BCUT2D eigenvalue weighted by Crippen LogP contribution is 2.30. The molecule has 19 heavy (non-hydrogen) atoms. The monoisotopic (exact) mass is 261 g/mol. The maximum absolute atomic E-state index is 6.32. The summed E-state index contributed by atoms with van der Waals surface area (Å²) in [4.78, 5) is 0. The van der Waals surface area contributed by atoms with Gasteiger partial charge in [0.2, 0.25) is 0 Å². The number of nitrogens with zero attached hydrogens (tertiary/aromatic N) is 2. The van der Waals surface area contributed by atoms with Gasteiger partial charge in [0, 0.05) is 12.2 Å². The summed E-state index contributed by atoms with van der Waals surface area (Å²) in [6.07, 6.45) is 15.1. The fraction of sp³-hybridized carbons (Fsp3) is 0.812. The lowest BCUT2D eigenvalue weighted by Crippen LogP contribution is -2.28. The van der Waals surface area contributed by atoms with E-state index < -0.39 is 0 Å². The lowest BCUT2D eigenvalue weighted by atomic mass is 9.94. The second kappa shape index (κ2) is 6.08. The van der Waals surface area contributed by atoms with Gasteiger partial charge in [-0.2, -0.15) is 5.10 Å². The van der Waals surface area contributed by atoms with Gasteiger partial charge in [-0.3, -0.25) is 4.68 Å². The van der Waals surface area contributed by atoms with Crippen molar-refractivity contribution in [1.82, 2.24) is 9.78 Å². The molecule has 106 valence electrons. The first-order valence-corrected chi connectivity index (χ1v) is 8.12. The van der Waals surface area contributed by atoms with Crippen LogP contribution in [0.5, 0.6) is 0 Å². The van der Waals surface area contributed by atoms with E-state index in [1.54, 1.807) is 0 Å². The van der Waals surface area contributed by atoms with Gasteiger partial charge in [0.25, 0.3) is 0 Å². The van der Waals surface area contributed by atoms with Gasteiger partial charge in [0.15, 0.2) is 0 Å². The molecule has 2 saturated carbocycles. The molecule has 3 heteroatoms. The first-order valence-electron chi connectivity index (χ1n) is 8.12. The molecule has 2 N–H and O–H groups in total. The van der Waals surface area contributed by atoms with Gasteiger partial charge >= 0.3 is 0 Å². The van der Waals surface area contributed by atoms with Crippen molar-refractivity contribution in [2.75, 3.05) is 0 Å². The second-order valence-electron chi connectivity index (χ2n) is 6.47. The standard InChI is InChI=1S/C16H27N3/c17-16(13-5-1-2-6-13)10-9-14-11-12-19(18-14)15-7-3-4-8-15/h11-13,15-16H,1-10,17H2. The van der Waals surface area contributed by atoms with Crippen molar-refractivity contribution < 1.29 is 0 Å². The molecule has 1 unspecified atom stereocenters. The van der Waals surface area contributed by atoms with E-state index >= 15 is 0 Å². The molecule has 2 aliphatic rings. The zero-order chi connectivity index (χ0) is 13.1. The molecule has 0 saturated heterocycles. The molecule has 0 aliphatic heterocycles. The minimum atomic E-state index is 0.388. The lowest BCUT2D eigenvalue weighted by Gasteiger charge is -2.17. The fourth-order valence-electron chi connectivity index (χ4n) is 3.82. The number of nitrogens with two attached hydrogens (primary N) is 1. The van der Waals surface area contributed by atoms with Crippen molar-refractivity contribution in [1.29, 1.82) is 0 Å². The Labute approximate surface area is 116 Å². The Morgan fingerprint density at radius 2 is 1.84 bits per heavy atom. The van der Waals surface area contributed by atoms with E-state index in [9.17, 15) is 0 Å². The third kappa shape index (κ3) is 3.19. The molecule has 3 nitrogen and oxygen atoms in total. The second-order valence-corrected chi connectivity index (χ2v) is 6.47. The van der Waals surface area contributed by atoms with Crippen LogP contribution in [0.3, 0.4) is 0 Å². The maximum atomic E-state index is 6.32. The molecule has 1 aromatic rings. The normalized spacial score (nSPS) is 23.2. The van der Waals surface area contributed by atoms with Gasteiger partial charge in [-0.15, -0.1) is 0 Å². The first-order chi connectivity index (χ1) is 9.33. The van der Waals surface area contributed by atoms with Crippen LogP contribution in [0.2, 0.25) is 0 Å². The van der Waals surface area contributed by atoms with E-state index in [0.717, 1.165) is 18.8 Å². The molecule has 1 heterocycles. The van der Waals surface area contributed by atoms with Crippen molar-refractivity contribution in [3.8, 4) is 0 Å². The van der Waals surface area contributed by atoms with Gasteiger partial charge in [0.05, 0.1) is 11.7 Å². The Balaban J connectivity index is 1.49. The minimum absolute atomic E-state index is 0.388. The lowest BCUT2D eigenvalue weighted by molar-refractivity contribution is 0.406. The molecule has 2 fully saturated rings. The van der Waals surface area contributed by atoms with E-state index in [4.69, 9.17) is 10.8 Å². The Morgan fingerprint density at radius 1 is 1.16 bits per heavy atom. The van der Waals surface area contributed by atoms with Crippen LogP contribution in [0.4, 0.5) is 0 Å². The van der Waals surface area contributed by atoms with E-state index in [2.05, 4.69) is 16.9 Å². The molecule has 0 bridgehead atoms. The smallest absolute Gasteiger partial charge is 0.0625 e. The van der Waals surface area contributed by atoms with Crippen LogP contribution in [0.1, 0.15) is 69.5 Å². The number of hydrogen-bond donors (Lipinski definition) is 1. The van der Waals surface area contributed by atoms with E-state index in [1.165, 1.54) is 57.1 Å². The fourth-order valence-corrected chi connectivity index (χ4v) is 3.82. The zero-order valence-electron chi connectivity index (χ0n) is 11.9. The number of aromatic nitrogens is 2. The minimum Gasteiger partial charge on any atom is -0.327 e. The van der Waals surface area contributed by atoms with Crippen molar-refractivity contribution in [2.24, 2.45) is 11.7 Å². The molecule has 2 aliphatic carbocycles. The molecular weight excluding hydrogens is 234 g/mol. The van der Waals surface area contributed by atoms with E-state index in [0.29, 0.717) is 12.1 Å². The predicted octanol–water partition coefficient (Wildman–Crippen LogP) is 3.45.